The van der Waals surface area contributed by atoms with E-state index in [1.165, 1.54) is 10.7 Å². The van der Waals surface area contributed by atoms with Gasteiger partial charge in [-0.3, -0.25) is 14.5 Å². The van der Waals surface area contributed by atoms with Gasteiger partial charge in [-0.2, -0.15) is 10.4 Å². The van der Waals surface area contributed by atoms with Crippen LogP contribution in [0.2, 0.25) is 0 Å². The van der Waals surface area contributed by atoms with Gasteiger partial charge in [0, 0.05) is 29.7 Å². The van der Waals surface area contributed by atoms with Gasteiger partial charge in [-0.1, -0.05) is 30.3 Å². The maximum atomic E-state index is 12.6. The van der Waals surface area contributed by atoms with Gasteiger partial charge >= 0.3 is 5.97 Å². The predicted molar refractivity (Wildman–Crippen MR) is 166 cm³/mol. The van der Waals surface area contributed by atoms with Gasteiger partial charge in [0.05, 0.1) is 49.4 Å². The smallest absolute Gasteiger partial charge is 0.320 e. The van der Waals surface area contributed by atoms with Crippen LogP contribution in [0, 0.1) is 17.2 Å². The second-order valence-electron chi connectivity index (χ2n) is 12.0. The second-order valence-corrected chi connectivity index (χ2v) is 12.0. The quantitative estimate of drug-likeness (QED) is 0.254. The maximum Gasteiger partial charge on any atom is 0.320 e. The Morgan fingerprint density at radius 3 is 2.59 bits per heavy atom. The fourth-order valence-electron chi connectivity index (χ4n) is 5.19. The highest BCUT2D eigenvalue weighted by Gasteiger charge is 2.24. The largest absolute Gasteiger partial charge is 0.490 e. The molecular weight excluding hydrogens is 556 g/mol. The van der Waals surface area contributed by atoms with Crippen molar-refractivity contribution in [2.45, 2.75) is 45.8 Å². The number of benzene rings is 2. The first-order chi connectivity index (χ1) is 21.1. The van der Waals surface area contributed by atoms with Gasteiger partial charge in [0.15, 0.2) is 11.6 Å². The fraction of sp³-hybridized carbons (Fsp3) is 0.353. The first-order valence-corrected chi connectivity index (χ1v) is 14.7. The van der Waals surface area contributed by atoms with Crippen molar-refractivity contribution in [3.63, 3.8) is 0 Å². The van der Waals surface area contributed by atoms with E-state index in [4.69, 9.17) is 9.47 Å². The minimum atomic E-state index is -0.487. The van der Waals surface area contributed by atoms with Crippen LogP contribution in [-0.2, 0) is 16.1 Å². The molecule has 4 aromatic rings. The number of aromatic nitrogens is 4. The van der Waals surface area contributed by atoms with Gasteiger partial charge in [0.25, 0.3) is 5.56 Å². The van der Waals surface area contributed by atoms with E-state index in [-0.39, 0.29) is 24.6 Å². The molecule has 10 heteroatoms. The van der Waals surface area contributed by atoms with Crippen molar-refractivity contribution in [3.05, 3.63) is 94.5 Å². The Hall–Kier alpha value is -4.88. The zero-order valence-corrected chi connectivity index (χ0v) is 25.3. The molecule has 0 saturated carbocycles. The number of nitrogens with zero attached hydrogens (tertiary/aromatic N) is 6. The Kier molecular flexibility index (Phi) is 9.46. The molecule has 5 rings (SSSR count). The van der Waals surface area contributed by atoms with E-state index in [0.29, 0.717) is 35.4 Å². The maximum absolute atomic E-state index is 12.6. The number of carbonyl (C=O) groups is 1. The van der Waals surface area contributed by atoms with E-state index in [2.05, 4.69) is 26.0 Å². The first-order valence-electron chi connectivity index (χ1n) is 14.7. The first kappa shape index (κ1) is 30.6. The normalized spacial score (nSPS) is 15.4. The third kappa shape index (κ3) is 8.36. The van der Waals surface area contributed by atoms with Gasteiger partial charge in [-0.15, -0.1) is 0 Å². The van der Waals surface area contributed by atoms with Crippen molar-refractivity contribution < 1.29 is 14.3 Å². The topological polar surface area (TPSA) is 123 Å². The van der Waals surface area contributed by atoms with Gasteiger partial charge in [0.2, 0.25) is 0 Å². The van der Waals surface area contributed by atoms with Crippen LogP contribution >= 0.6 is 0 Å². The summed E-state index contributed by atoms with van der Waals surface area (Å²) in [6, 6.07) is 20.1. The molecule has 1 fully saturated rings. The van der Waals surface area contributed by atoms with Crippen LogP contribution in [0.1, 0.15) is 44.7 Å². The predicted octanol–water partition coefficient (Wildman–Crippen LogP) is 4.72. The summed E-state index contributed by atoms with van der Waals surface area (Å²) in [6.45, 7) is 8.36. The molecule has 3 heterocycles. The summed E-state index contributed by atoms with van der Waals surface area (Å²) in [7, 11) is 0. The van der Waals surface area contributed by atoms with Crippen molar-refractivity contribution in [2.24, 2.45) is 5.92 Å². The average Bonchev–Trinajstić information content (AvgIpc) is 3.01. The molecule has 2 aromatic heterocycles. The van der Waals surface area contributed by atoms with E-state index in [1.807, 2.05) is 51.1 Å². The van der Waals surface area contributed by atoms with Gasteiger partial charge in [0.1, 0.15) is 5.60 Å². The van der Waals surface area contributed by atoms with Crippen molar-refractivity contribution in [2.75, 3.05) is 26.2 Å². The fourth-order valence-corrected chi connectivity index (χ4v) is 5.19. The lowest BCUT2D eigenvalue weighted by molar-refractivity contribution is -0.156. The highest BCUT2D eigenvalue weighted by Crippen LogP contribution is 2.22. The molecule has 0 spiro atoms. The van der Waals surface area contributed by atoms with E-state index in [0.717, 1.165) is 42.6 Å². The third-order valence-electron chi connectivity index (χ3n) is 7.16. The second kappa shape index (κ2) is 13.6. The number of rotatable bonds is 9. The van der Waals surface area contributed by atoms with Crippen molar-refractivity contribution in [1.82, 2.24) is 24.6 Å². The minimum Gasteiger partial charge on any atom is -0.490 e. The molecule has 1 aliphatic heterocycles. The Labute approximate surface area is 256 Å². The Morgan fingerprint density at radius 1 is 1.05 bits per heavy atom. The highest BCUT2D eigenvalue weighted by atomic mass is 16.6. The van der Waals surface area contributed by atoms with Crippen molar-refractivity contribution in [1.29, 1.82) is 5.26 Å². The minimum absolute atomic E-state index is 0.203. The molecule has 44 heavy (non-hydrogen) atoms. The summed E-state index contributed by atoms with van der Waals surface area (Å²) in [4.78, 5) is 36.0. The monoisotopic (exact) mass is 592 g/mol. The molecule has 1 aliphatic rings. The summed E-state index contributed by atoms with van der Waals surface area (Å²) < 4.78 is 12.9. The van der Waals surface area contributed by atoms with Crippen molar-refractivity contribution in [3.8, 4) is 34.5 Å². The lowest BCUT2D eigenvalue weighted by atomic mass is 9.99. The third-order valence-corrected chi connectivity index (χ3v) is 7.16. The number of nitriles is 1. The molecule has 0 amide bonds. The Bertz CT molecular complexity index is 1700. The van der Waals surface area contributed by atoms with Crippen LogP contribution in [0.15, 0.2) is 77.9 Å². The Balaban J connectivity index is 1.19. The van der Waals surface area contributed by atoms with Crippen LogP contribution in [-0.4, -0.2) is 62.5 Å². The zero-order chi connectivity index (χ0) is 31.1. The molecule has 1 unspecified atom stereocenters. The summed E-state index contributed by atoms with van der Waals surface area (Å²) in [5, 5.41) is 13.8. The summed E-state index contributed by atoms with van der Waals surface area (Å²) in [5.74, 6) is 1.23. The Morgan fingerprint density at radius 2 is 1.82 bits per heavy atom. The lowest BCUT2D eigenvalue weighted by Crippen LogP contribution is -2.42. The molecule has 1 saturated heterocycles. The van der Waals surface area contributed by atoms with E-state index in [9.17, 15) is 14.9 Å². The molecule has 226 valence electrons. The van der Waals surface area contributed by atoms with Crippen LogP contribution in [0.25, 0.3) is 22.6 Å². The number of likely N-dealkylation sites (tertiary alicyclic amines) is 1. The number of esters is 1. The molecule has 0 bridgehead atoms. The molecule has 0 radical (unpaired) electrons. The van der Waals surface area contributed by atoms with Crippen molar-refractivity contribution >= 4 is 5.97 Å². The molecule has 1 atom stereocenters. The molecule has 0 aliphatic carbocycles. The molecule has 2 aromatic carbocycles. The standard InChI is InChI=1S/C34H36N6O4/c1-34(2,3)44-32(42)22-39-14-6-9-26(20-39)23-43-29-18-36-33(37-19-29)28-11-5-8-25(16-28)21-40-31(41)13-12-30(38-40)27-10-4-7-24(15-27)17-35/h4-5,7-8,10-13,15-16,18-19,26H,6,9,14,20-23H2,1-3H3. The van der Waals surface area contributed by atoms with E-state index < -0.39 is 5.60 Å². The van der Waals surface area contributed by atoms with Crippen LogP contribution in [0.5, 0.6) is 5.75 Å². The highest BCUT2D eigenvalue weighted by molar-refractivity contribution is 5.72. The summed E-state index contributed by atoms with van der Waals surface area (Å²) in [6.07, 6.45) is 5.37. The van der Waals surface area contributed by atoms with Gasteiger partial charge < -0.3 is 9.47 Å². The lowest BCUT2D eigenvalue weighted by Gasteiger charge is -2.32. The van der Waals surface area contributed by atoms with Gasteiger partial charge in [-0.05, 0) is 70.0 Å². The zero-order valence-electron chi connectivity index (χ0n) is 25.3. The molecule has 0 N–H and O–H groups in total. The van der Waals surface area contributed by atoms with Crippen LogP contribution < -0.4 is 10.3 Å². The summed E-state index contributed by atoms with van der Waals surface area (Å²) >= 11 is 0. The van der Waals surface area contributed by atoms with Crippen LogP contribution in [0.3, 0.4) is 0 Å². The van der Waals surface area contributed by atoms with Gasteiger partial charge in [-0.25, -0.2) is 14.6 Å². The summed E-state index contributed by atoms with van der Waals surface area (Å²) in [5.41, 5.74) is 2.88. The van der Waals surface area contributed by atoms with E-state index >= 15 is 0 Å². The number of hydrogen-bond donors (Lipinski definition) is 0. The number of ether oxygens (including phenoxy) is 2. The number of hydrogen-bond acceptors (Lipinski definition) is 9. The molecule has 10 nitrogen and oxygen atoms in total. The SMILES string of the molecule is CC(C)(C)OC(=O)CN1CCCC(COc2cnc(-c3cccc(Cn4nc(-c5cccc(C#N)c5)ccc4=O)c3)nc2)C1. The van der Waals surface area contributed by atoms with Crippen LogP contribution in [0.4, 0.5) is 0 Å². The number of piperidine rings is 1. The number of carbonyl (C=O) groups excluding carboxylic acids is 1. The average molecular weight is 593 g/mol. The molecular formula is C34H36N6O4. The van der Waals surface area contributed by atoms with E-state index in [1.54, 1.807) is 36.7 Å².